The fourth-order valence-electron chi connectivity index (χ4n) is 2.32. The predicted octanol–water partition coefficient (Wildman–Crippen LogP) is -1.04. The van der Waals surface area contributed by atoms with Crippen molar-refractivity contribution >= 4 is 23.0 Å². The van der Waals surface area contributed by atoms with Crippen LogP contribution in [0.2, 0.25) is 0 Å². The summed E-state index contributed by atoms with van der Waals surface area (Å²) in [7, 11) is 0. The molecule has 2 aromatic heterocycles. The van der Waals surface area contributed by atoms with E-state index in [-0.39, 0.29) is 12.4 Å². The molecule has 21 heavy (non-hydrogen) atoms. The maximum atomic E-state index is 10.9. The van der Waals surface area contributed by atoms with Gasteiger partial charge in [-0.1, -0.05) is 0 Å². The van der Waals surface area contributed by atoms with Crippen molar-refractivity contribution < 1.29 is 19.7 Å². The lowest BCUT2D eigenvalue weighted by molar-refractivity contribution is -0.0432. The number of aliphatic hydroxyl groups excluding tert-OH is 2. The monoisotopic (exact) mass is 294 g/mol. The second kappa shape index (κ2) is 5.24. The molecule has 10 nitrogen and oxygen atoms in total. The summed E-state index contributed by atoms with van der Waals surface area (Å²) in [5.74, 6) is 0.198. The molecule has 0 aromatic carbocycles. The number of anilines is 1. The van der Waals surface area contributed by atoms with Gasteiger partial charge in [0.15, 0.2) is 17.0 Å². The molecule has 3 heterocycles. The number of carbonyl (C=O) groups is 1. The summed E-state index contributed by atoms with van der Waals surface area (Å²) in [5.41, 5.74) is 5.87. The Morgan fingerprint density at radius 3 is 3.00 bits per heavy atom. The normalized spacial score (nSPS) is 25.3. The molecule has 1 saturated heterocycles. The summed E-state index contributed by atoms with van der Waals surface area (Å²) in [6, 6.07) is -0.752. The van der Waals surface area contributed by atoms with Crippen molar-refractivity contribution in [1.82, 2.24) is 19.5 Å². The zero-order chi connectivity index (χ0) is 15.0. The van der Waals surface area contributed by atoms with Crippen LogP contribution in [0.4, 0.5) is 10.6 Å². The molecule has 10 heteroatoms. The maximum Gasteiger partial charge on any atom is 0.317 e. The Morgan fingerprint density at radius 2 is 2.33 bits per heavy atom. The molecule has 1 aliphatic rings. The van der Waals surface area contributed by atoms with Gasteiger partial charge in [0.25, 0.3) is 0 Å². The third-order valence-corrected chi connectivity index (χ3v) is 3.29. The number of carbonyl (C=O) groups excluding carboxylic acids is 1. The van der Waals surface area contributed by atoms with E-state index in [0.29, 0.717) is 17.6 Å². The number of ether oxygens (including phenoxy) is 1. The Kier molecular flexibility index (Phi) is 3.41. The number of hydrogen-bond donors (Lipinski definition) is 4. The highest BCUT2D eigenvalue weighted by Gasteiger charge is 2.35. The van der Waals surface area contributed by atoms with Crippen LogP contribution in [0, 0.1) is 0 Å². The lowest BCUT2D eigenvalue weighted by atomic mass is 10.2. The molecular formula is C11H14N6O4. The minimum absolute atomic E-state index is 0.198. The molecule has 0 aliphatic carbocycles. The lowest BCUT2D eigenvalue weighted by Crippen LogP contribution is -2.24. The number of aromatic nitrogens is 4. The van der Waals surface area contributed by atoms with E-state index in [4.69, 9.17) is 15.6 Å². The minimum atomic E-state index is -0.762. The first kappa shape index (κ1) is 13.7. The lowest BCUT2D eigenvalue weighted by Gasteiger charge is -2.13. The standard InChI is InChI=1S/C11H14N6O4/c12-11(20)16-9-8-10(14-3-13-9)17(4-15-8)7-1-5(19)6(2-18)21-7/h3-7,18-19H,1-2H2,(H3,12,13,14,16,20)/t5-,6+,7+/m0/s1. The molecule has 0 saturated carbocycles. The van der Waals surface area contributed by atoms with Gasteiger partial charge in [0.05, 0.1) is 19.0 Å². The summed E-state index contributed by atoms with van der Waals surface area (Å²) < 4.78 is 7.16. The van der Waals surface area contributed by atoms with Gasteiger partial charge in [-0.2, -0.15) is 0 Å². The molecule has 0 spiro atoms. The van der Waals surface area contributed by atoms with Crippen LogP contribution < -0.4 is 11.1 Å². The van der Waals surface area contributed by atoms with Crippen molar-refractivity contribution in [1.29, 1.82) is 0 Å². The van der Waals surface area contributed by atoms with Gasteiger partial charge in [-0.25, -0.2) is 19.7 Å². The minimum Gasteiger partial charge on any atom is -0.394 e. The quantitative estimate of drug-likeness (QED) is 0.564. The van der Waals surface area contributed by atoms with Gasteiger partial charge in [-0.3, -0.25) is 9.88 Å². The maximum absolute atomic E-state index is 10.9. The average molecular weight is 294 g/mol. The van der Waals surface area contributed by atoms with Crippen molar-refractivity contribution in [2.45, 2.75) is 24.9 Å². The third-order valence-electron chi connectivity index (χ3n) is 3.29. The number of amides is 2. The van der Waals surface area contributed by atoms with Gasteiger partial charge < -0.3 is 20.7 Å². The fourth-order valence-corrected chi connectivity index (χ4v) is 2.32. The highest BCUT2D eigenvalue weighted by molar-refractivity contribution is 5.94. The summed E-state index contributed by atoms with van der Waals surface area (Å²) in [6.07, 6.45) is 1.14. The van der Waals surface area contributed by atoms with E-state index in [2.05, 4.69) is 20.3 Å². The topological polar surface area (TPSA) is 148 Å². The Labute approximate surface area is 118 Å². The number of nitrogens with zero attached hydrogens (tertiary/aromatic N) is 4. The number of fused-ring (bicyclic) bond motifs is 1. The van der Waals surface area contributed by atoms with E-state index in [1.54, 1.807) is 4.57 Å². The highest BCUT2D eigenvalue weighted by Crippen LogP contribution is 2.31. The van der Waals surface area contributed by atoms with Crippen molar-refractivity contribution in [3.63, 3.8) is 0 Å². The molecule has 0 unspecified atom stereocenters. The number of rotatable bonds is 3. The molecule has 2 amide bonds. The van der Waals surface area contributed by atoms with Crippen LogP contribution in [0.1, 0.15) is 12.6 Å². The van der Waals surface area contributed by atoms with Gasteiger partial charge in [0, 0.05) is 6.42 Å². The Bertz CT molecular complexity index is 674. The Morgan fingerprint density at radius 1 is 1.52 bits per heavy atom. The predicted molar refractivity (Wildman–Crippen MR) is 70.1 cm³/mol. The number of imidazole rings is 1. The first-order valence-corrected chi connectivity index (χ1v) is 6.28. The molecule has 0 bridgehead atoms. The zero-order valence-electron chi connectivity index (χ0n) is 10.9. The van der Waals surface area contributed by atoms with E-state index >= 15 is 0 Å². The Balaban J connectivity index is 1.96. The van der Waals surface area contributed by atoms with Gasteiger partial charge in [-0.05, 0) is 0 Å². The van der Waals surface area contributed by atoms with Crippen LogP contribution in [-0.4, -0.2) is 54.6 Å². The van der Waals surface area contributed by atoms with Gasteiger partial charge >= 0.3 is 6.03 Å². The molecule has 3 rings (SSSR count). The van der Waals surface area contributed by atoms with Crippen molar-refractivity contribution in [2.24, 2.45) is 5.73 Å². The summed E-state index contributed by atoms with van der Waals surface area (Å²) in [5, 5.41) is 21.3. The molecular weight excluding hydrogens is 280 g/mol. The number of nitrogens with one attached hydrogen (secondary N) is 1. The molecule has 0 radical (unpaired) electrons. The van der Waals surface area contributed by atoms with Crippen LogP contribution in [0.5, 0.6) is 0 Å². The number of aliphatic hydroxyl groups is 2. The van der Waals surface area contributed by atoms with Gasteiger partial charge in [-0.15, -0.1) is 0 Å². The van der Waals surface area contributed by atoms with Crippen LogP contribution in [-0.2, 0) is 4.74 Å². The second-order valence-corrected chi connectivity index (χ2v) is 4.65. The number of urea groups is 1. The van der Waals surface area contributed by atoms with E-state index in [1.807, 2.05) is 0 Å². The Hall–Kier alpha value is -2.30. The molecule has 1 aliphatic heterocycles. The van der Waals surface area contributed by atoms with Crippen LogP contribution in [0.15, 0.2) is 12.7 Å². The summed E-state index contributed by atoms with van der Waals surface area (Å²) in [6.45, 7) is -0.270. The third kappa shape index (κ3) is 2.39. The number of hydrogen-bond acceptors (Lipinski definition) is 7. The largest absolute Gasteiger partial charge is 0.394 e. The zero-order valence-corrected chi connectivity index (χ0v) is 10.9. The van der Waals surface area contributed by atoms with E-state index in [0.717, 1.165) is 0 Å². The van der Waals surface area contributed by atoms with Crippen LogP contribution in [0.3, 0.4) is 0 Å². The van der Waals surface area contributed by atoms with E-state index in [9.17, 15) is 9.90 Å². The second-order valence-electron chi connectivity index (χ2n) is 4.65. The molecule has 5 N–H and O–H groups in total. The van der Waals surface area contributed by atoms with Crippen LogP contribution in [0.25, 0.3) is 11.2 Å². The smallest absolute Gasteiger partial charge is 0.317 e. The van der Waals surface area contributed by atoms with E-state index < -0.39 is 24.5 Å². The SMILES string of the molecule is NC(=O)Nc1ncnc2c1ncn2[C@H]1C[C@H](O)[C@@H](CO)O1. The van der Waals surface area contributed by atoms with E-state index in [1.165, 1.54) is 12.7 Å². The molecule has 112 valence electrons. The number of primary amides is 1. The van der Waals surface area contributed by atoms with Gasteiger partial charge in [0.2, 0.25) is 0 Å². The van der Waals surface area contributed by atoms with Crippen molar-refractivity contribution in [3.8, 4) is 0 Å². The highest BCUT2D eigenvalue weighted by atomic mass is 16.5. The summed E-state index contributed by atoms with van der Waals surface area (Å²) in [4.78, 5) is 23.1. The van der Waals surface area contributed by atoms with Crippen LogP contribution >= 0.6 is 0 Å². The molecule has 2 aromatic rings. The van der Waals surface area contributed by atoms with Gasteiger partial charge in [0.1, 0.15) is 18.7 Å². The number of nitrogens with two attached hydrogens (primary N) is 1. The van der Waals surface area contributed by atoms with Crippen molar-refractivity contribution in [3.05, 3.63) is 12.7 Å². The fraction of sp³-hybridized carbons (Fsp3) is 0.455. The first-order valence-electron chi connectivity index (χ1n) is 6.28. The van der Waals surface area contributed by atoms with Crippen molar-refractivity contribution in [2.75, 3.05) is 11.9 Å². The molecule has 1 fully saturated rings. The first-order chi connectivity index (χ1) is 10.1. The summed E-state index contributed by atoms with van der Waals surface area (Å²) >= 11 is 0. The molecule has 3 atom stereocenters. The average Bonchev–Trinajstić information content (AvgIpc) is 3.02.